The lowest BCUT2D eigenvalue weighted by molar-refractivity contribution is 0.308. The van der Waals surface area contributed by atoms with Gasteiger partial charge in [-0.1, -0.05) is 30.3 Å². The summed E-state index contributed by atoms with van der Waals surface area (Å²) in [6.45, 7) is 7.73. The second-order valence-corrected chi connectivity index (χ2v) is 5.73. The molecule has 0 atom stereocenters. The molecular weight excluding hydrogens is 317 g/mol. The summed E-state index contributed by atoms with van der Waals surface area (Å²) >= 11 is 0. The van der Waals surface area contributed by atoms with Crippen molar-refractivity contribution < 1.29 is 13.9 Å². The first kappa shape index (κ1) is 19.0. The summed E-state index contributed by atoms with van der Waals surface area (Å²) in [4.78, 5) is 0. The molecule has 0 saturated heterocycles. The van der Waals surface area contributed by atoms with Crippen LogP contribution in [-0.4, -0.2) is 20.3 Å². The molecule has 0 amide bonds. The SMILES string of the molecule is C=CCc1cc(CNCCc2ccccc2F)cc(OC)c1OCC. The first-order chi connectivity index (χ1) is 12.2. The smallest absolute Gasteiger partial charge is 0.164 e. The number of benzene rings is 2. The molecule has 0 fully saturated rings. The number of rotatable bonds is 10. The van der Waals surface area contributed by atoms with Gasteiger partial charge in [0.25, 0.3) is 0 Å². The molecule has 1 N–H and O–H groups in total. The number of ether oxygens (including phenoxy) is 2. The average molecular weight is 343 g/mol. The van der Waals surface area contributed by atoms with E-state index in [-0.39, 0.29) is 5.82 Å². The minimum atomic E-state index is -0.152. The van der Waals surface area contributed by atoms with Gasteiger partial charge in [0.1, 0.15) is 5.82 Å². The standard InChI is InChI=1S/C21H26FNO2/c1-4-8-18-13-16(14-20(24-3)21(18)25-5-2)15-23-12-11-17-9-6-7-10-19(17)22/h4,6-7,9-10,13-14,23H,1,5,8,11-12,15H2,2-3H3. The Kier molecular flexibility index (Phi) is 7.48. The van der Waals surface area contributed by atoms with E-state index < -0.39 is 0 Å². The van der Waals surface area contributed by atoms with Gasteiger partial charge in [0.15, 0.2) is 11.5 Å². The largest absolute Gasteiger partial charge is 0.493 e. The minimum Gasteiger partial charge on any atom is -0.493 e. The van der Waals surface area contributed by atoms with Gasteiger partial charge in [0.05, 0.1) is 13.7 Å². The van der Waals surface area contributed by atoms with Crippen LogP contribution < -0.4 is 14.8 Å². The van der Waals surface area contributed by atoms with Gasteiger partial charge in [0, 0.05) is 12.1 Å². The number of halogens is 1. The summed E-state index contributed by atoms with van der Waals surface area (Å²) in [6.07, 6.45) is 3.22. The molecular formula is C21H26FNO2. The predicted octanol–water partition coefficient (Wildman–Crippen LogP) is 4.29. The van der Waals surface area contributed by atoms with Gasteiger partial charge in [-0.15, -0.1) is 6.58 Å². The van der Waals surface area contributed by atoms with E-state index in [9.17, 15) is 4.39 Å². The highest BCUT2D eigenvalue weighted by Crippen LogP contribution is 2.33. The number of nitrogens with one attached hydrogen (secondary N) is 1. The molecule has 0 heterocycles. The maximum Gasteiger partial charge on any atom is 0.164 e. The summed E-state index contributed by atoms with van der Waals surface area (Å²) in [7, 11) is 1.64. The van der Waals surface area contributed by atoms with Crippen molar-refractivity contribution in [2.45, 2.75) is 26.3 Å². The van der Waals surface area contributed by atoms with Crippen molar-refractivity contribution in [2.24, 2.45) is 0 Å². The molecule has 4 heteroatoms. The second kappa shape index (κ2) is 9.84. The molecule has 2 aromatic rings. The van der Waals surface area contributed by atoms with Crippen molar-refractivity contribution in [1.29, 1.82) is 0 Å². The van der Waals surface area contributed by atoms with Gasteiger partial charge < -0.3 is 14.8 Å². The molecule has 0 radical (unpaired) electrons. The van der Waals surface area contributed by atoms with Crippen LogP contribution in [0.2, 0.25) is 0 Å². The fourth-order valence-corrected chi connectivity index (χ4v) is 2.75. The third-order valence-electron chi connectivity index (χ3n) is 3.92. The van der Waals surface area contributed by atoms with Gasteiger partial charge in [0.2, 0.25) is 0 Å². The van der Waals surface area contributed by atoms with Crippen molar-refractivity contribution in [3.8, 4) is 11.5 Å². The van der Waals surface area contributed by atoms with E-state index in [1.807, 2.05) is 31.2 Å². The molecule has 25 heavy (non-hydrogen) atoms. The zero-order valence-electron chi connectivity index (χ0n) is 15.0. The lowest BCUT2D eigenvalue weighted by Crippen LogP contribution is -2.17. The zero-order valence-corrected chi connectivity index (χ0v) is 15.0. The summed E-state index contributed by atoms with van der Waals surface area (Å²) < 4.78 is 24.8. The topological polar surface area (TPSA) is 30.5 Å². The molecule has 0 saturated carbocycles. The monoisotopic (exact) mass is 343 g/mol. The Bertz CT molecular complexity index is 700. The quantitative estimate of drug-likeness (QED) is 0.515. The van der Waals surface area contributed by atoms with Crippen LogP contribution in [0, 0.1) is 5.82 Å². The van der Waals surface area contributed by atoms with E-state index in [1.54, 1.807) is 13.2 Å². The Labute approximate surface area is 149 Å². The third-order valence-corrected chi connectivity index (χ3v) is 3.92. The maximum atomic E-state index is 13.6. The van der Waals surface area contributed by atoms with Gasteiger partial charge in [-0.2, -0.15) is 0 Å². The van der Waals surface area contributed by atoms with Crippen LogP contribution in [0.4, 0.5) is 4.39 Å². The highest BCUT2D eigenvalue weighted by atomic mass is 19.1. The minimum absolute atomic E-state index is 0.152. The Morgan fingerprint density at radius 3 is 2.68 bits per heavy atom. The number of allylic oxidation sites excluding steroid dienone is 1. The molecule has 2 rings (SSSR count). The molecule has 0 spiro atoms. The molecule has 0 aliphatic carbocycles. The van der Waals surface area contributed by atoms with E-state index in [2.05, 4.69) is 18.0 Å². The van der Waals surface area contributed by atoms with Crippen LogP contribution in [-0.2, 0) is 19.4 Å². The molecule has 2 aromatic carbocycles. The number of hydrogen-bond acceptors (Lipinski definition) is 3. The van der Waals surface area contributed by atoms with Crippen molar-refractivity contribution in [3.63, 3.8) is 0 Å². The lowest BCUT2D eigenvalue weighted by atomic mass is 10.1. The first-order valence-electron chi connectivity index (χ1n) is 8.57. The molecule has 0 unspecified atom stereocenters. The predicted molar refractivity (Wildman–Crippen MR) is 99.9 cm³/mol. The van der Waals surface area contributed by atoms with E-state index in [0.717, 1.165) is 34.6 Å². The molecule has 0 bridgehead atoms. The van der Waals surface area contributed by atoms with Crippen LogP contribution in [0.5, 0.6) is 11.5 Å². The fourth-order valence-electron chi connectivity index (χ4n) is 2.75. The summed E-state index contributed by atoms with van der Waals surface area (Å²) in [6, 6.07) is 11.0. The maximum absolute atomic E-state index is 13.6. The van der Waals surface area contributed by atoms with Gasteiger partial charge in [-0.3, -0.25) is 0 Å². The zero-order chi connectivity index (χ0) is 18.1. The fraction of sp³-hybridized carbons (Fsp3) is 0.333. The highest BCUT2D eigenvalue weighted by molar-refractivity contribution is 5.50. The molecule has 3 nitrogen and oxygen atoms in total. The summed E-state index contributed by atoms with van der Waals surface area (Å²) in [5, 5.41) is 3.36. The molecule has 0 aliphatic rings. The van der Waals surface area contributed by atoms with Crippen LogP contribution in [0.1, 0.15) is 23.6 Å². The van der Waals surface area contributed by atoms with Crippen LogP contribution in [0.15, 0.2) is 49.1 Å². The second-order valence-electron chi connectivity index (χ2n) is 5.73. The van der Waals surface area contributed by atoms with Crippen LogP contribution >= 0.6 is 0 Å². The van der Waals surface area contributed by atoms with E-state index >= 15 is 0 Å². The van der Waals surface area contributed by atoms with E-state index in [4.69, 9.17) is 9.47 Å². The van der Waals surface area contributed by atoms with Crippen molar-refractivity contribution in [1.82, 2.24) is 5.32 Å². The Morgan fingerprint density at radius 2 is 2.00 bits per heavy atom. The summed E-state index contributed by atoms with van der Waals surface area (Å²) in [5.74, 6) is 1.35. The Morgan fingerprint density at radius 1 is 1.20 bits per heavy atom. The molecule has 0 aliphatic heterocycles. The number of hydrogen-bond donors (Lipinski definition) is 1. The third kappa shape index (κ3) is 5.33. The Hall–Kier alpha value is -2.33. The lowest BCUT2D eigenvalue weighted by Gasteiger charge is -2.16. The number of methoxy groups -OCH3 is 1. The molecule has 0 aromatic heterocycles. The van der Waals surface area contributed by atoms with Crippen LogP contribution in [0.3, 0.4) is 0 Å². The first-order valence-corrected chi connectivity index (χ1v) is 8.57. The molecule has 134 valence electrons. The highest BCUT2D eigenvalue weighted by Gasteiger charge is 2.12. The van der Waals surface area contributed by atoms with Gasteiger partial charge in [-0.25, -0.2) is 4.39 Å². The normalized spacial score (nSPS) is 10.5. The van der Waals surface area contributed by atoms with Crippen molar-refractivity contribution in [2.75, 3.05) is 20.3 Å². The van der Waals surface area contributed by atoms with E-state index in [1.165, 1.54) is 6.07 Å². The van der Waals surface area contributed by atoms with E-state index in [0.29, 0.717) is 26.1 Å². The average Bonchev–Trinajstić information content (AvgIpc) is 2.62. The van der Waals surface area contributed by atoms with Crippen molar-refractivity contribution in [3.05, 3.63) is 71.6 Å². The van der Waals surface area contributed by atoms with Gasteiger partial charge >= 0.3 is 0 Å². The Balaban J connectivity index is 2.02. The summed E-state index contributed by atoms with van der Waals surface area (Å²) in [5.41, 5.74) is 2.89. The van der Waals surface area contributed by atoms with Crippen LogP contribution in [0.25, 0.3) is 0 Å². The van der Waals surface area contributed by atoms with Gasteiger partial charge in [-0.05, 0) is 49.6 Å². The van der Waals surface area contributed by atoms with Crippen molar-refractivity contribution >= 4 is 0 Å².